The molecule has 0 radical (unpaired) electrons. The highest BCUT2D eigenvalue weighted by molar-refractivity contribution is 8.03. The van der Waals surface area contributed by atoms with E-state index < -0.39 is 0 Å². The molecular weight excluding hydrogens is 116 g/mol. The molecule has 0 aromatic rings. The summed E-state index contributed by atoms with van der Waals surface area (Å²) < 4.78 is 0. The fourth-order valence-electron chi connectivity index (χ4n) is 0.801. The first-order valence-electron chi connectivity index (χ1n) is 2.94. The van der Waals surface area contributed by atoms with E-state index in [1.165, 1.54) is 5.57 Å². The van der Waals surface area contributed by atoms with Gasteiger partial charge in [0.2, 0.25) is 0 Å². The van der Waals surface area contributed by atoms with Crippen molar-refractivity contribution in [1.82, 2.24) is 0 Å². The number of rotatable bonds is 1. The van der Waals surface area contributed by atoms with Crippen LogP contribution in [0.5, 0.6) is 0 Å². The first kappa shape index (κ1) is 6.00. The second-order valence-electron chi connectivity index (χ2n) is 1.92. The van der Waals surface area contributed by atoms with E-state index in [1.807, 2.05) is 11.8 Å². The molecule has 0 amide bonds. The molecule has 1 aliphatic rings. The van der Waals surface area contributed by atoms with Crippen molar-refractivity contribution in [2.75, 3.05) is 0 Å². The van der Waals surface area contributed by atoms with Gasteiger partial charge in [-0.2, -0.15) is 0 Å². The Balaban J connectivity index is 2.62. The highest BCUT2D eigenvalue weighted by Crippen LogP contribution is 2.26. The summed E-state index contributed by atoms with van der Waals surface area (Å²) in [5.41, 5.74) is 4.66. The lowest BCUT2D eigenvalue weighted by atomic mass is 10.2. The molecule has 0 spiro atoms. The smallest absolute Gasteiger partial charge is 0.0351 e. The standard InChI is InChI=1S/C7H10S/c1-3-7-4-5-8-6(7)2/h5-6H,3H2,1-2H3. The Morgan fingerprint density at radius 3 is 2.88 bits per heavy atom. The largest absolute Gasteiger partial charge is 0.117 e. The highest BCUT2D eigenvalue weighted by atomic mass is 32.2. The van der Waals surface area contributed by atoms with Gasteiger partial charge in [-0.25, -0.2) is 0 Å². The Labute approximate surface area is 54.7 Å². The van der Waals surface area contributed by atoms with Gasteiger partial charge in [0.15, 0.2) is 0 Å². The highest BCUT2D eigenvalue weighted by Gasteiger charge is 2.08. The van der Waals surface area contributed by atoms with Crippen molar-refractivity contribution in [3.63, 3.8) is 0 Å². The molecule has 1 heteroatoms. The molecule has 1 aliphatic heterocycles. The topological polar surface area (TPSA) is 0 Å². The summed E-state index contributed by atoms with van der Waals surface area (Å²) >= 11 is 1.86. The maximum atomic E-state index is 3.21. The van der Waals surface area contributed by atoms with Crippen LogP contribution in [0.2, 0.25) is 0 Å². The molecule has 1 rings (SSSR count). The van der Waals surface area contributed by atoms with Crippen molar-refractivity contribution in [3.8, 4) is 0 Å². The van der Waals surface area contributed by atoms with Crippen molar-refractivity contribution >= 4 is 11.8 Å². The quantitative estimate of drug-likeness (QED) is 0.486. The van der Waals surface area contributed by atoms with E-state index >= 15 is 0 Å². The molecule has 44 valence electrons. The van der Waals surface area contributed by atoms with E-state index in [0.29, 0.717) is 5.25 Å². The van der Waals surface area contributed by atoms with Gasteiger partial charge in [-0.15, -0.1) is 17.5 Å². The van der Waals surface area contributed by atoms with Crippen LogP contribution in [0, 0.1) is 0 Å². The van der Waals surface area contributed by atoms with Gasteiger partial charge in [-0.05, 0) is 18.9 Å². The maximum absolute atomic E-state index is 3.21. The lowest BCUT2D eigenvalue weighted by molar-refractivity contribution is 1.01. The molecule has 0 saturated heterocycles. The summed E-state index contributed by atoms with van der Waals surface area (Å²) in [5.74, 6) is 0. The zero-order valence-corrected chi connectivity index (χ0v) is 6.09. The zero-order chi connectivity index (χ0) is 5.98. The van der Waals surface area contributed by atoms with Crippen LogP contribution in [-0.2, 0) is 0 Å². The molecule has 0 bridgehead atoms. The van der Waals surface area contributed by atoms with E-state index in [1.54, 1.807) is 0 Å². The van der Waals surface area contributed by atoms with Crippen LogP contribution in [0.4, 0.5) is 0 Å². The van der Waals surface area contributed by atoms with Crippen LogP contribution in [0.1, 0.15) is 20.3 Å². The van der Waals surface area contributed by atoms with Gasteiger partial charge in [0, 0.05) is 10.7 Å². The van der Waals surface area contributed by atoms with Crippen LogP contribution >= 0.6 is 11.8 Å². The summed E-state index contributed by atoms with van der Waals surface area (Å²) in [6, 6.07) is 0. The van der Waals surface area contributed by atoms with Gasteiger partial charge in [0.1, 0.15) is 0 Å². The second-order valence-corrected chi connectivity index (χ2v) is 3.13. The molecule has 0 N–H and O–H groups in total. The molecular formula is C7H10S. The molecule has 0 fully saturated rings. The van der Waals surface area contributed by atoms with Crippen LogP contribution in [-0.4, -0.2) is 5.25 Å². The molecule has 0 aliphatic carbocycles. The predicted molar refractivity (Wildman–Crippen MR) is 38.9 cm³/mol. The first-order valence-corrected chi connectivity index (χ1v) is 3.88. The van der Waals surface area contributed by atoms with E-state index in [4.69, 9.17) is 0 Å². The Kier molecular flexibility index (Phi) is 1.82. The summed E-state index contributed by atoms with van der Waals surface area (Å²) in [6.45, 7) is 4.40. The Morgan fingerprint density at radius 2 is 2.62 bits per heavy atom. The monoisotopic (exact) mass is 126 g/mol. The SMILES string of the molecule is CCC1=C=CSC1C. The van der Waals surface area contributed by atoms with Gasteiger partial charge >= 0.3 is 0 Å². The van der Waals surface area contributed by atoms with Gasteiger partial charge < -0.3 is 0 Å². The second kappa shape index (κ2) is 2.43. The van der Waals surface area contributed by atoms with Crippen LogP contribution < -0.4 is 0 Å². The van der Waals surface area contributed by atoms with Crippen LogP contribution in [0.3, 0.4) is 0 Å². The molecule has 0 nitrogen and oxygen atoms in total. The Morgan fingerprint density at radius 1 is 1.88 bits per heavy atom. The average Bonchev–Trinajstić information content (AvgIpc) is 2.14. The molecule has 1 heterocycles. The fraction of sp³-hybridized carbons (Fsp3) is 0.571. The van der Waals surface area contributed by atoms with Crippen LogP contribution in [0.15, 0.2) is 16.7 Å². The normalized spacial score (nSPS) is 26.2. The molecule has 0 saturated carbocycles. The fourth-order valence-corrected chi connectivity index (χ4v) is 1.62. The van der Waals surface area contributed by atoms with Crippen molar-refractivity contribution in [2.45, 2.75) is 25.5 Å². The third-order valence-corrected chi connectivity index (χ3v) is 2.33. The number of hydrogen-bond donors (Lipinski definition) is 0. The van der Waals surface area contributed by atoms with Gasteiger partial charge in [0.05, 0.1) is 0 Å². The van der Waals surface area contributed by atoms with Crippen LogP contribution in [0.25, 0.3) is 0 Å². The van der Waals surface area contributed by atoms with Crippen molar-refractivity contribution in [3.05, 3.63) is 16.7 Å². The molecule has 8 heavy (non-hydrogen) atoms. The van der Waals surface area contributed by atoms with E-state index in [9.17, 15) is 0 Å². The van der Waals surface area contributed by atoms with Gasteiger partial charge in [-0.3, -0.25) is 0 Å². The van der Waals surface area contributed by atoms with E-state index in [0.717, 1.165) is 6.42 Å². The lowest BCUT2D eigenvalue weighted by Crippen LogP contribution is -1.93. The van der Waals surface area contributed by atoms with Crippen molar-refractivity contribution in [2.24, 2.45) is 0 Å². The molecule has 1 atom stereocenters. The molecule has 1 unspecified atom stereocenters. The number of thioether (sulfide) groups is 1. The summed E-state index contributed by atoms with van der Waals surface area (Å²) in [6.07, 6.45) is 1.16. The van der Waals surface area contributed by atoms with E-state index in [2.05, 4.69) is 25.0 Å². The first-order chi connectivity index (χ1) is 3.84. The molecule has 0 aromatic heterocycles. The van der Waals surface area contributed by atoms with Gasteiger partial charge in [0.25, 0.3) is 0 Å². The summed E-state index contributed by atoms with van der Waals surface area (Å²) in [5, 5.41) is 2.75. The van der Waals surface area contributed by atoms with Crippen molar-refractivity contribution < 1.29 is 0 Å². The van der Waals surface area contributed by atoms with E-state index in [-0.39, 0.29) is 0 Å². The third kappa shape index (κ3) is 0.988. The summed E-state index contributed by atoms with van der Waals surface area (Å²) in [7, 11) is 0. The minimum absolute atomic E-state index is 0.694. The zero-order valence-electron chi connectivity index (χ0n) is 5.27. The number of hydrogen-bond acceptors (Lipinski definition) is 1. The third-order valence-electron chi connectivity index (χ3n) is 1.39. The van der Waals surface area contributed by atoms with Gasteiger partial charge in [-0.1, -0.05) is 6.92 Å². The Bertz CT molecular complexity index is 140. The lowest BCUT2D eigenvalue weighted by Gasteiger charge is -2.01. The minimum Gasteiger partial charge on any atom is -0.117 e. The summed E-state index contributed by atoms with van der Waals surface area (Å²) in [4.78, 5) is 0. The predicted octanol–water partition coefficient (Wildman–Crippen LogP) is 2.57. The minimum atomic E-state index is 0.694. The Hall–Kier alpha value is -0.130. The average molecular weight is 126 g/mol. The maximum Gasteiger partial charge on any atom is 0.0351 e. The molecule has 0 aromatic carbocycles. The van der Waals surface area contributed by atoms with Crippen molar-refractivity contribution in [1.29, 1.82) is 0 Å².